The van der Waals surface area contributed by atoms with E-state index in [0.29, 0.717) is 16.9 Å². The minimum atomic E-state index is -0.134. The molecule has 2 fully saturated rings. The van der Waals surface area contributed by atoms with Gasteiger partial charge in [-0.1, -0.05) is 31.5 Å². The van der Waals surface area contributed by atoms with Crippen molar-refractivity contribution in [1.82, 2.24) is 14.9 Å². The van der Waals surface area contributed by atoms with Crippen LogP contribution in [0.5, 0.6) is 5.75 Å². The average Bonchev–Trinajstić information content (AvgIpc) is 3.47. The molecule has 0 radical (unpaired) electrons. The number of hydrogen-bond acceptors (Lipinski definition) is 4. The number of aryl methyl sites for hydroxylation is 1. The maximum Gasteiger partial charge on any atom is 0.174 e. The molecule has 4 atom stereocenters. The third-order valence-corrected chi connectivity index (χ3v) is 9.25. The molecule has 2 aromatic heterocycles. The molecule has 6 rings (SSSR count). The molecule has 0 amide bonds. The number of halogens is 1. The molecule has 2 saturated heterocycles. The van der Waals surface area contributed by atoms with Gasteiger partial charge in [-0.15, -0.1) is 0 Å². The van der Waals surface area contributed by atoms with Crippen molar-refractivity contribution < 1.29 is 4.74 Å². The molecular weight excluding hydrogens is 562 g/mol. The molecule has 8 heteroatoms. The van der Waals surface area contributed by atoms with Gasteiger partial charge in [0.1, 0.15) is 5.75 Å². The van der Waals surface area contributed by atoms with E-state index in [4.69, 9.17) is 33.5 Å². The molecule has 0 aliphatic carbocycles. The summed E-state index contributed by atoms with van der Waals surface area (Å²) >= 11 is 13.1. The third kappa shape index (κ3) is 5.25. The number of pyridine rings is 1. The van der Waals surface area contributed by atoms with Gasteiger partial charge in [-0.25, -0.2) is 0 Å². The SMILES string of the molecule is COc1ccc(-n2c(C)cc([C@@H]3[C@@H](c4ccccn4)NC(=S)N3c3ccc(N4C[C@H](C)C[C@H](C)C4)c(Cl)c3)c2C)cc1. The Morgan fingerprint density at radius 1 is 0.952 bits per heavy atom. The zero-order valence-corrected chi connectivity index (χ0v) is 26.4. The van der Waals surface area contributed by atoms with Crippen LogP contribution >= 0.6 is 23.8 Å². The Morgan fingerprint density at radius 2 is 1.67 bits per heavy atom. The highest BCUT2D eigenvalue weighted by molar-refractivity contribution is 7.80. The second kappa shape index (κ2) is 11.6. The summed E-state index contributed by atoms with van der Waals surface area (Å²) in [5, 5.41) is 5.01. The van der Waals surface area contributed by atoms with E-state index in [1.165, 1.54) is 12.0 Å². The van der Waals surface area contributed by atoms with Crippen molar-refractivity contribution in [3.8, 4) is 11.4 Å². The van der Waals surface area contributed by atoms with Crippen LogP contribution in [0, 0.1) is 25.7 Å². The number of nitrogens with zero attached hydrogens (tertiary/aromatic N) is 4. The zero-order chi connectivity index (χ0) is 29.5. The smallest absolute Gasteiger partial charge is 0.174 e. The number of hydrogen-bond donors (Lipinski definition) is 1. The largest absolute Gasteiger partial charge is 0.497 e. The molecule has 2 aliphatic rings. The monoisotopic (exact) mass is 599 g/mol. The van der Waals surface area contributed by atoms with E-state index >= 15 is 0 Å². The molecule has 0 saturated carbocycles. The summed E-state index contributed by atoms with van der Waals surface area (Å²) < 4.78 is 7.69. The maximum absolute atomic E-state index is 7.04. The molecule has 42 heavy (non-hydrogen) atoms. The Kier molecular flexibility index (Phi) is 7.90. The fourth-order valence-electron chi connectivity index (χ4n) is 6.93. The van der Waals surface area contributed by atoms with E-state index < -0.39 is 0 Å². The van der Waals surface area contributed by atoms with Crippen LogP contribution < -0.4 is 19.9 Å². The van der Waals surface area contributed by atoms with Gasteiger partial charge in [-0.05, 0) is 111 Å². The molecule has 4 heterocycles. The number of nitrogens with one attached hydrogen (secondary N) is 1. The Bertz CT molecular complexity index is 1580. The molecule has 4 aromatic rings. The fourth-order valence-corrected chi connectivity index (χ4v) is 7.57. The van der Waals surface area contributed by atoms with E-state index in [0.717, 1.165) is 58.0 Å². The van der Waals surface area contributed by atoms with Crippen molar-refractivity contribution in [3.05, 3.63) is 101 Å². The molecule has 2 aliphatic heterocycles. The summed E-state index contributed by atoms with van der Waals surface area (Å²) in [6.45, 7) is 11.0. The number of thiocarbonyl (C=S) groups is 1. The van der Waals surface area contributed by atoms with Gasteiger partial charge < -0.3 is 24.4 Å². The van der Waals surface area contributed by atoms with Gasteiger partial charge >= 0.3 is 0 Å². The van der Waals surface area contributed by atoms with Gasteiger partial charge in [0.05, 0.1) is 35.6 Å². The Balaban J connectivity index is 1.43. The molecule has 0 spiro atoms. The number of aromatic nitrogens is 2. The minimum Gasteiger partial charge on any atom is -0.497 e. The summed E-state index contributed by atoms with van der Waals surface area (Å²) in [5.41, 5.74) is 7.57. The van der Waals surface area contributed by atoms with Gasteiger partial charge in [-0.2, -0.15) is 0 Å². The molecule has 0 bridgehead atoms. The second-order valence-electron chi connectivity index (χ2n) is 11.8. The van der Waals surface area contributed by atoms with E-state index in [1.54, 1.807) is 7.11 Å². The van der Waals surface area contributed by atoms with Gasteiger partial charge in [-0.3, -0.25) is 4.98 Å². The van der Waals surface area contributed by atoms with Crippen LogP contribution in [0.4, 0.5) is 11.4 Å². The zero-order valence-electron chi connectivity index (χ0n) is 24.8. The number of piperidine rings is 1. The van der Waals surface area contributed by atoms with Crippen LogP contribution in [-0.4, -0.2) is 34.9 Å². The predicted molar refractivity (Wildman–Crippen MR) is 176 cm³/mol. The first-order valence-corrected chi connectivity index (χ1v) is 15.4. The van der Waals surface area contributed by atoms with Gasteiger partial charge in [0.15, 0.2) is 5.11 Å². The minimum absolute atomic E-state index is 0.123. The Morgan fingerprint density at radius 3 is 2.31 bits per heavy atom. The van der Waals surface area contributed by atoms with Crippen molar-refractivity contribution in [2.45, 2.75) is 46.2 Å². The lowest BCUT2D eigenvalue weighted by Crippen LogP contribution is -2.38. The van der Waals surface area contributed by atoms with E-state index in [9.17, 15) is 0 Å². The van der Waals surface area contributed by atoms with E-state index in [2.05, 4.69) is 89.8 Å². The lowest BCUT2D eigenvalue weighted by Gasteiger charge is -2.37. The van der Waals surface area contributed by atoms with Crippen molar-refractivity contribution in [1.29, 1.82) is 0 Å². The number of ether oxygens (including phenoxy) is 1. The molecule has 0 unspecified atom stereocenters. The number of rotatable bonds is 6. The molecular formula is C34H38ClN5OS. The summed E-state index contributed by atoms with van der Waals surface area (Å²) in [7, 11) is 1.69. The summed E-state index contributed by atoms with van der Waals surface area (Å²) in [4.78, 5) is 9.39. The Labute approximate surface area is 259 Å². The number of methoxy groups -OCH3 is 1. The molecule has 2 aromatic carbocycles. The number of benzene rings is 2. The standard InChI is InChI=1S/C34H38ClN5OS/c1-21-16-22(2)20-38(19-21)31-14-11-26(18-29(31)35)40-33(32(37-34(40)42)30-8-6-7-15-36-30)28-17-23(3)39(24(28)4)25-9-12-27(41-5)13-10-25/h6-15,17-18,21-22,32-33H,16,19-20H2,1-5H3,(H,37,42)/t21-,22+,32-,33-/m1/s1. The molecule has 218 valence electrons. The van der Waals surface area contributed by atoms with E-state index in [1.807, 2.05) is 30.5 Å². The number of anilines is 2. The van der Waals surface area contributed by atoms with Gasteiger partial charge in [0.2, 0.25) is 0 Å². The second-order valence-corrected chi connectivity index (χ2v) is 12.6. The van der Waals surface area contributed by atoms with Crippen LogP contribution in [0.15, 0.2) is 72.9 Å². The van der Waals surface area contributed by atoms with Crippen LogP contribution in [0.1, 0.15) is 55.0 Å². The summed E-state index contributed by atoms with van der Waals surface area (Å²) in [6, 6.07) is 22.6. The highest BCUT2D eigenvalue weighted by Crippen LogP contribution is 2.45. The fraction of sp³-hybridized carbons (Fsp3) is 0.353. The van der Waals surface area contributed by atoms with Gasteiger partial charge in [0.25, 0.3) is 0 Å². The summed E-state index contributed by atoms with van der Waals surface area (Å²) in [6.07, 6.45) is 3.10. The first kappa shape index (κ1) is 28.6. The van der Waals surface area contributed by atoms with Crippen LogP contribution in [0.3, 0.4) is 0 Å². The average molecular weight is 600 g/mol. The highest BCUT2D eigenvalue weighted by Gasteiger charge is 2.42. The van der Waals surface area contributed by atoms with Crippen LogP contribution in [-0.2, 0) is 0 Å². The summed E-state index contributed by atoms with van der Waals surface area (Å²) in [5.74, 6) is 2.12. The van der Waals surface area contributed by atoms with Crippen molar-refractivity contribution in [2.75, 3.05) is 30.0 Å². The van der Waals surface area contributed by atoms with Crippen LogP contribution in [0.2, 0.25) is 5.02 Å². The van der Waals surface area contributed by atoms with Gasteiger partial charge in [0, 0.05) is 42.0 Å². The maximum atomic E-state index is 7.04. The third-order valence-electron chi connectivity index (χ3n) is 8.64. The molecule has 6 nitrogen and oxygen atoms in total. The topological polar surface area (TPSA) is 45.6 Å². The normalized spacial score (nSPS) is 22.4. The lowest BCUT2D eigenvalue weighted by molar-refractivity contribution is 0.357. The molecule has 1 N–H and O–H groups in total. The van der Waals surface area contributed by atoms with Crippen molar-refractivity contribution in [2.24, 2.45) is 11.8 Å². The van der Waals surface area contributed by atoms with Crippen molar-refractivity contribution in [3.63, 3.8) is 0 Å². The quantitative estimate of drug-likeness (QED) is 0.228. The lowest BCUT2D eigenvalue weighted by atomic mass is 9.91. The first-order chi connectivity index (χ1) is 20.2. The predicted octanol–water partition coefficient (Wildman–Crippen LogP) is 7.81. The first-order valence-electron chi connectivity index (χ1n) is 14.6. The van der Waals surface area contributed by atoms with Crippen LogP contribution in [0.25, 0.3) is 5.69 Å². The van der Waals surface area contributed by atoms with E-state index in [-0.39, 0.29) is 12.1 Å². The van der Waals surface area contributed by atoms with Crippen molar-refractivity contribution >= 4 is 40.3 Å². The highest BCUT2D eigenvalue weighted by atomic mass is 35.5. The Hall–Kier alpha value is -3.55.